The van der Waals surface area contributed by atoms with Crippen LogP contribution in [0, 0.1) is 0 Å². The van der Waals surface area contributed by atoms with Gasteiger partial charge in [0.1, 0.15) is 16.5 Å². The van der Waals surface area contributed by atoms with Crippen molar-refractivity contribution in [2.45, 2.75) is 6.54 Å². The van der Waals surface area contributed by atoms with Crippen LogP contribution in [0.3, 0.4) is 0 Å². The molecule has 3 N–H and O–H groups in total. The predicted octanol–water partition coefficient (Wildman–Crippen LogP) is 1.09. The SMILES string of the molecule is NCc1nc(C(=O)Nc2ccc(N3CCOCC3)cn2)cs1. The Morgan fingerprint density at radius 1 is 1.41 bits per heavy atom. The first kappa shape index (κ1) is 14.9. The molecule has 0 atom stereocenters. The van der Waals surface area contributed by atoms with Crippen LogP contribution in [0.4, 0.5) is 11.5 Å². The van der Waals surface area contributed by atoms with Crippen molar-refractivity contribution in [3.8, 4) is 0 Å². The maximum atomic E-state index is 12.1. The van der Waals surface area contributed by atoms with E-state index in [4.69, 9.17) is 10.5 Å². The molecule has 0 saturated carbocycles. The third-order valence-corrected chi connectivity index (χ3v) is 4.20. The summed E-state index contributed by atoms with van der Waals surface area (Å²) in [5, 5.41) is 5.17. The largest absolute Gasteiger partial charge is 0.378 e. The molecule has 3 heterocycles. The van der Waals surface area contributed by atoms with E-state index < -0.39 is 0 Å². The zero-order valence-electron chi connectivity index (χ0n) is 12.0. The van der Waals surface area contributed by atoms with E-state index in [9.17, 15) is 4.79 Å². The van der Waals surface area contributed by atoms with Crippen molar-refractivity contribution in [3.63, 3.8) is 0 Å². The molecule has 0 radical (unpaired) electrons. The molecule has 2 aromatic rings. The zero-order chi connectivity index (χ0) is 15.4. The molecule has 0 unspecified atom stereocenters. The number of carbonyl (C=O) groups excluding carboxylic acids is 1. The van der Waals surface area contributed by atoms with Gasteiger partial charge in [-0.1, -0.05) is 0 Å². The number of nitrogens with zero attached hydrogens (tertiary/aromatic N) is 3. The maximum absolute atomic E-state index is 12.1. The Morgan fingerprint density at radius 3 is 2.86 bits per heavy atom. The molecule has 1 fully saturated rings. The quantitative estimate of drug-likeness (QED) is 0.876. The summed E-state index contributed by atoms with van der Waals surface area (Å²) in [6.45, 7) is 3.50. The van der Waals surface area contributed by atoms with Crippen molar-refractivity contribution in [2.75, 3.05) is 36.5 Å². The van der Waals surface area contributed by atoms with Crippen LogP contribution in [0.1, 0.15) is 15.5 Å². The number of amides is 1. The van der Waals surface area contributed by atoms with Gasteiger partial charge >= 0.3 is 0 Å². The van der Waals surface area contributed by atoms with Crippen LogP contribution in [-0.4, -0.2) is 42.2 Å². The Balaban J connectivity index is 1.64. The molecule has 7 nitrogen and oxygen atoms in total. The van der Waals surface area contributed by atoms with E-state index in [0.717, 1.165) is 37.0 Å². The molecular formula is C14H17N5O2S. The molecule has 1 saturated heterocycles. The molecule has 0 aliphatic carbocycles. The van der Waals surface area contributed by atoms with E-state index >= 15 is 0 Å². The van der Waals surface area contributed by atoms with Crippen LogP contribution in [0.2, 0.25) is 0 Å². The second kappa shape index (κ2) is 6.82. The summed E-state index contributed by atoms with van der Waals surface area (Å²) in [6.07, 6.45) is 1.76. The molecule has 3 rings (SSSR count). The van der Waals surface area contributed by atoms with Gasteiger partial charge in [0.25, 0.3) is 5.91 Å². The Hall–Kier alpha value is -2.03. The zero-order valence-corrected chi connectivity index (χ0v) is 12.8. The van der Waals surface area contributed by atoms with Crippen LogP contribution >= 0.6 is 11.3 Å². The average molecular weight is 319 g/mol. The number of rotatable bonds is 4. The van der Waals surface area contributed by atoms with Crippen LogP contribution in [0.15, 0.2) is 23.7 Å². The third kappa shape index (κ3) is 3.41. The summed E-state index contributed by atoms with van der Waals surface area (Å²) in [7, 11) is 0. The fraction of sp³-hybridized carbons (Fsp3) is 0.357. The van der Waals surface area contributed by atoms with Crippen molar-refractivity contribution in [3.05, 3.63) is 34.4 Å². The Labute approximate surface area is 132 Å². The second-order valence-corrected chi connectivity index (χ2v) is 5.73. The molecule has 1 amide bonds. The van der Waals surface area contributed by atoms with Gasteiger partial charge in [-0.2, -0.15) is 0 Å². The molecule has 0 aromatic carbocycles. The lowest BCUT2D eigenvalue weighted by molar-refractivity contribution is 0.102. The summed E-state index contributed by atoms with van der Waals surface area (Å²) in [6, 6.07) is 3.74. The van der Waals surface area contributed by atoms with Crippen molar-refractivity contribution < 1.29 is 9.53 Å². The highest BCUT2D eigenvalue weighted by Crippen LogP contribution is 2.17. The Bertz CT molecular complexity index is 637. The topological polar surface area (TPSA) is 93.4 Å². The number of thiazole rings is 1. The Kier molecular flexibility index (Phi) is 4.62. The van der Waals surface area contributed by atoms with Crippen LogP contribution in [-0.2, 0) is 11.3 Å². The lowest BCUT2D eigenvalue weighted by Gasteiger charge is -2.28. The van der Waals surface area contributed by atoms with E-state index in [0.29, 0.717) is 18.1 Å². The van der Waals surface area contributed by atoms with Gasteiger partial charge in [0, 0.05) is 25.0 Å². The van der Waals surface area contributed by atoms with Gasteiger partial charge in [-0.15, -0.1) is 11.3 Å². The standard InChI is InChI=1S/C14H17N5O2S/c15-7-13-17-11(9-22-13)14(20)18-12-2-1-10(8-16-12)19-3-5-21-6-4-19/h1-2,8-9H,3-7,15H2,(H,16,18,20). The van der Waals surface area contributed by atoms with Crippen LogP contribution in [0.25, 0.3) is 0 Å². The maximum Gasteiger partial charge on any atom is 0.276 e. The number of nitrogens with one attached hydrogen (secondary N) is 1. The van der Waals surface area contributed by atoms with Crippen molar-refractivity contribution in [1.82, 2.24) is 9.97 Å². The van der Waals surface area contributed by atoms with E-state index in [1.165, 1.54) is 11.3 Å². The monoisotopic (exact) mass is 319 g/mol. The molecule has 1 aliphatic heterocycles. The number of hydrogen-bond acceptors (Lipinski definition) is 7. The lowest BCUT2D eigenvalue weighted by atomic mass is 10.3. The molecule has 0 bridgehead atoms. The van der Waals surface area contributed by atoms with Crippen LogP contribution < -0.4 is 16.0 Å². The minimum atomic E-state index is -0.275. The smallest absolute Gasteiger partial charge is 0.276 e. The molecule has 22 heavy (non-hydrogen) atoms. The van der Waals surface area contributed by atoms with Gasteiger partial charge in [0.2, 0.25) is 0 Å². The van der Waals surface area contributed by atoms with Gasteiger partial charge in [-0.3, -0.25) is 4.79 Å². The average Bonchev–Trinajstić information content (AvgIpc) is 3.06. The molecule has 1 aliphatic rings. The van der Waals surface area contributed by atoms with E-state index in [2.05, 4.69) is 20.2 Å². The molecule has 0 spiro atoms. The summed E-state index contributed by atoms with van der Waals surface area (Å²) in [5.74, 6) is 0.229. The molecular weight excluding hydrogens is 302 g/mol. The number of pyridine rings is 1. The second-order valence-electron chi connectivity index (χ2n) is 4.79. The number of morpholine rings is 1. The number of anilines is 2. The first-order valence-electron chi connectivity index (χ1n) is 7.01. The number of ether oxygens (including phenoxy) is 1. The normalized spacial score (nSPS) is 14.9. The summed E-state index contributed by atoms with van der Waals surface area (Å²) in [5.41, 5.74) is 6.89. The van der Waals surface area contributed by atoms with Crippen molar-refractivity contribution >= 4 is 28.7 Å². The first-order valence-corrected chi connectivity index (χ1v) is 7.89. The van der Waals surface area contributed by atoms with Gasteiger partial charge in [0.05, 0.1) is 25.1 Å². The van der Waals surface area contributed by atoms with E-state index in [1.807, 2.05) is 6.07 Å². The van der Waals surface area contributed by atoms with E-state index in [1.54, 1.807) is 17.6 Å². The molecule has 116 valence electrons. The Morgan fingerprint density at radius 2 is 2.23 bits per heavy atom. The summed E-state index contributed by atoms with van der Waals surface area (Å²) in [4.78, 5) is 22.7. The fourth-order valence-corrected chi connectivity index (χ4v) is 2.81. The molecule has 8 heteroatoms. The van der Waals surface area contributed by atoms with Crippen molar-refractivity contribution in [1.29, 1.82) is 0 Å². The minimum absolute atomic E-state index is 0.275. The highest BCUT2D eigenvalue weighted by Gasteiger charge is 2.13. The molecule has 2 aromatic heterocycles. The van der Waals surface area contributed by atoms with Crippen LogP contribution in [0.5, 0.6) is 0 Å². The highest BCUT2D eigenvalue weighted by molar-refractivity contribution is 7.09. The number of carbonyl (C=O) groups is 1. The summed E-state index contributed by atoms with van der Waals surface area (Å²) >= 11 is 1.37. The fourth-order valence-electron chi connectivity index (χ4n) is 2.16. The number of aromatic nitrogens is 2. The predicted molar refractivity (Wildman–Crippen MR) is 85.2 cm³/mol. The van der Waals surface area contributed by atoms with Gasteiger partial charge in [-0.05, 0) is 12.1 Å². The first-order chi connectivity index (χ1) is 10.8. The van der Waals surface area contributed by atoms with Gasteiger partial charge in [0.15, 0.2) is 0 Å². The number of nitrogens with two attached hydrogens (primary N) is 1. The summed E-state index contributed by atoms with van der Waals surface area (Å²) < 4.78 is 5.32. The number of hydrogen-bond donors (Lipinski definition) is 2. The third-order valence-electron chi connectivity index (χ3n) is 3.32. The minimum Gasteiger partial charge on any atom is -0.378 e. The highest BCUT2D eigenvalue weighted by atomic mass is 32.1. The van der Waals surface area contributed by atoms with Crippen molar-refractivity contribution in [2.24, 2.45) is 5.73 Å². The van der Waals surface area contributed by atoms with Gasteiger partial charge < -0.3 is 20.7 Å². The lowest BCUT2D eigenvalue weighted by Crippen LogP contribution is -2.36. The van der Waals surface area contributed by atoms with Gasteiger partial charge in [-0.25, -0.2) is 9.97 Å². The van der Waals surface area contributed by atoms with E-state index in [-0.39, 0.29) is 5.91 Å².